The van der Waals surface area contributed by atoms with E-state index in [1.807, 2.05) is 30.0 Å². The lowest BCUT2D eigenvalue weighted by Gasteiger charge is -2.25. The van der Waals surface area contributed by atoms with Gasteiger partial charge in [0.25, 0.3) is 12.3 Å². The van der Waals surface area contributed by atoms with Crippen molar-refractivity contribution in [1.82, 2.24) is 10.0 Å². The molecule has 13 heteroatoms. The Morgan fingerprint density at radius 2 is 2.00 bits per heavy atom. The molecule has 0 radical (unpaired) electrons. The average Bonchev–Trinajstić information content (AvgIpc) is 2.78. The predicted octanol–water partition coefficient (Wildman–Crippen LogP) is 4.63. The van der Waals surface area contributed by atoms with Gasteiger partial charge in [-0.15, -0.1) is 0 Å². The van der Waals surface area contributed by atoms with Gasteiger partial charge < -0.3 is 4.74 Å². The van der Waals surface area contributed by atoms with Gasteiger partial charge in [0.05, 0.1) is 17.7 Å². The number of hydrazone groups is 1. The second-order valence-corrected chi connectivity index (χ2v) is 10.2. The molecule has 0 unspecified atom stereocenters. The largest absolute Gasteiger partial charge is 0.496 e. The van der Waals surface area contributed by atoms with E-state index >= 15 is 0 Å². The first-order valence-electron chi connectivity index (χ1n) is 10.2. The second kappa shape index (κ2) is 12.8. The molecule has 1 heterocycles. The number of nitrogens with one attached hydrogen (secondary N) is 2. The SMILES string of the molecule is COc1ccc(Cc2c(Cl)cc(N(C)/N=C(\C(=O)NC=O)C(F)F)cc2Cl)cc1SNC1CSC1. The summed E-state index contributed by atoms with van der Waals surface area (Å²) in [5.41, 5.74) is 0.765. The molecule has 0 aromatic heterocycles. The molecular formula is C22H22Cl2F2N4O3S2. The first-order valence-corrected chi connectivity index (χ1v) is 13.0. The van der Waals surface area contributed by atoms with E-state index in [0.29, 0.717) is 28.1 Å². The zero-order valence-corrected chi connectivity index (χ0v) is 21.8. The molecule has 188 valence electrons. The number of halogens is 4. The zero-order valence-electron chi connectivity index (χ0n) is 18.7. The highest BCUT2D eigenvalue weighted by molar-refractivity contribution is 8.01. The van der Waals surface area contributed by atoms with Crippen LogP contribution in [0.1, 0.15) is 11.1 Å². The Balaban J connectivity index is 1.81. The summed E-state index contributed by atoms with van der Waals surface area (Å²) < 4.78 is 35.3. The summed E-state index contributed by atoms with van der Waals surface area (Å²) in [6.07, 6.45) is -2.76. The zero-order chi connectivity index (χ0) is 25.5. The van der Waals surface area contributed by atoms with Crippen molar-refractivity contribution in [3.8, 4) is 5.75 Å². The minimum Gasteiger partial charge on any atom is -0.496 e. The van der Waals surface area contributed by atoms with Crippen LogP contribution < -0.4 is 19.8 Å². The topological polar surface area (TPSA) is 83.0 Å². The van der Waals surface area contributed by atoms with Crippen molar-refractivity contribution in [2.75, 3.05) is 30.7 Å². The lowest BCUT2D eigenvalue weighted by Crippen LogP contribution is -2.36. The van der Waals surface area contributed by atoms with Crippen LogP contribution in [0.4, 0.5) is 14.5 Å². The predicted molar refractivity (Wildman–Crippen MR) is 138 cm³/mol. The Labute approximate surface area is 220 Å². The van der Waals surface area contributed by atoms with Gasteiger partial charge in [0.15, 0.2) is 5.71 Å². The number of carbonyl (C=O) groups is 2. The van der Waals surface area contributed by atoms with Crippen LogP contribution in [0.15, 0.2) is 40.3 Å². The number of thioether (sulfide) groups is 1. The van der Waals surface area contributed by atoms with Crippen molar-refractivity contribution in [2.45, 2.75) is 23.8 Å². The molecule has 0 atom stereocenters. The van der Waals surface area contributed by atoms with E-state index in [1.54, 1.807) is 12.4 Å². The molecule has 0 spiro atoms. The van der Waals surface area contributed by atoms with Gasteiger partial charge in [-0.1, -0.05) is 29.3 Å². The molecule has 3 rings (SSSR count). The fourth-order valence-corrected chi connectivity index (χ4v) is 5.43. The smallest absolute Gasteiger partial charge is 0.287 e. The number of methoxy groups -OCH3 is 1. The number of nitrogens with zero attached hydrogens (tertiary/aromatic N) is 2. The van der Waals surface area contributed by atoms with Crippen LogP contribution in [0.5, 0.6) is 5.75 Å². The van der Waals surface area contributed by atoms with E-state index in [-0.39, 0.29) is 12.1 Å². The van der Waals surface area contributed by atoms with Crippen molar-refractivity contribution in [3.63, 3.8) is 0 Å². The Morgan fingerprint density at radius 3 is 2.54 bits per heavy atom. The quantitative estimate of drug-likeness (QED) is 0.179. The normalized spacial score (nSPS) is 14.0. The van der Waals surface area contributed by atoms with Crippen LogP contribution in [0.3, 0.4) is 0 Å². The number of hydrogen-bond acceptors (Lipinski definition) is 8. The minimum absolute atomic E-state index is 0.00826. The summed E-state index contributed by atoms with van der Waals surface area (Å²) in [5.74, 6) is 1.60. The first-order chi connectivity index (χ1) is 16.7. The Morgan fingerprint density at radius 1 is 1.31 bits per heavy atom. The summed E-state index contributed by atoms with van der Waals surface area (Å²) in [6.45, 7) is 0. The Bertz CT molecular complexity index is 1100. The van der Waals surface area contributed by atoms with E-state index in [4.69, 9.17) is 27.9 Å². The number of imide groups is 1. The maximum atomic E-state index is 13.2. The summed E-state index contributed by atoms with van der Waals surface area (Å²) in [6, 6.07) is 9.29. The third-order valence-corrected chi connectivity index (χ3v) is 7.91. The number of rotatable bonds is 11. The summed E-state index contributed by atoms with van der Waals surface area (Å²) >= 11 is 16.4. The highest BCUT2D eigenvalue weighted by Crippen LogP contribution is 2.35. The number of amides is 2. The van der Waals surface area contributed by atoms with E-state index in [1.165, 1.54) is 31.1 Å². The van der Waals surface area contributed by atoms with Crippen LogP contribution in [-0.2, 0) is 16.0 Å². The number of hydrogen-bond donors (Lipinski definition) is 2. The average molecular weight is 563 g/mol. The number of ether oxygens (including phenoxy) is 1. The number of alkyl halides is 2. The van der Waals surface area contributed by atoms with Crippen molar-refractivity contribution < 1.29 is 23.1 Å². The molecule has 2 N–H and O–H groups in total. The van der Waals surface area contributed by atoms with Crippen LogP contribution >= 0.6 is 46.9 Å². The Kier molecular flexibility index (Phi) is 10.0. The molecule has 1 fully saturated rings. The Hall–Kier alpha value is -2.05. The number of benzene rings is 2. The molecule has 2 amide bonds. The third kappa shape index (κ3) is 7.23. The van der Waals surface area contributed by atoms with Gasteiger partial charge in [0, 0.05) is 41.1 Å². The lowest BCUT2D eigenvalue weighted by atomic mass is 10.0. The van der Waals surface area contributed by atoms with Gasteiger partial charge >= 0.3 is 0 Å². The van der Waals surface area contributed by atoms with Gasteiger partial charge in [0.2, 0.25) is 6.41 Å². The van der Waals surface area contributed by atoms with Gasteiger partial charge in [-0.05, 0) is 47.3 Å². The molecule has 0 aliphatic carbocycles. The van der Waals surface area contributed by atoms with Gasteiger partial charge in [-0.3, -0.25) is 24.6 Å². The van der Waals surface area contributed by atoms with E-state index in [2.05, 4.69) is 9.82 Å². The van der Waals surface area contributed by atoms with Crippen molar-refractivity contribution in [2.24, 2.45) is 5.10 Å². The molecule has 0 bridgehead atoms. The van der Waals surface area contributed by atoms with E-state index in [0.717, 1.165) is 32.7 Å². The molecule has 1 aliphatic rings. The standard InChI is InChI=1S/C22H22Cl2F2N4O3S2/c1-30(28-20(21(25)26)22(32)27-11-31)14-7-16(23)15(17(24)8-14)5-12-3-4-18(33-2)19(6-12)35-29-13-9-34-10-13/h3-4,6-8,11,13,21,29H,5,9-10H2,1-2H3,(H,27,31,32)/b28-20-. The van der Waals surface area contributed by atoms with Crippen LogP contribution in [0.25, 0.3) is 0 Å². The van der Waals surface area contributed by atoms with Crippen LogP contribution in [-0.4, -0.2) is 56.2 Å². The van der Waals surface area contributed by atoms with Crippen molar-refractivity contribution in [1.29, 1.82) is 0 Å². The molecule has 2 aromatic rings. The number of carbonyl (C=O) groups excluding carboxylic acids is 2. The fourth-order valence-electron chi connectivity index (χ4n) is 3.05. The molecule has 1 aliphatic heterocycles. The summed E-state index contributed by atoms with van der Waals surface area (Å²) in [7, 11) is 2.98. The van der Waals surface area contributed by atoms with Gasteiger partial charge in [-0.25, -0.2) is 8.78 Å². The van der Waals surface area contributed by atoms with E-state index in [9.17, 15) is 18.4 Å². The number of anilines is 1. The maximum Gasteiger partial charge on any atom is 0.287 e. The molecule has 2 aromatic carbocycles. The fraction of sp³-hybridized carbons (Fsp3) is 0.318. The lowest BCUT2D eigenvalue weighted by molar-refractivity contribution is -0.120. The van der Waals surface area contributed by atoms with Crippen molar-refractivity contribution >= 4 is 70.6 Å². The molecule has 0 saturated carbocycles. The third-order valence-electron chi connectivity index (χ3n) is 4.97. The maximum absolute atomic E-state index is 13.2. The molecule has 35 heavy (non-hydrogen) atoms. The minimum atomic E-state index is -3.19. The molecule has 7 nitrogen and oxygen atoms in total. The summed E-state index contributed by atoms with van der Waals surface area (Å²) in [4.78, 5) is 23.0. The second-order valence-electron chi connectivity index (χ2n) is 7.41. The molecule has 1 saturated heterocycles. The van der Waals surface area contributed by atoms with Crippen LogP contribution in [0.2, 0.25) is 10.0 Å². The van der Waals surface area contributed by atoms with Crippen LogP contribution in [0, 0.1) is 0 Å². The van der Waals surface area contributed by atoms with E-state index < -0.39 is 18.0 Å². The first kappa shape index (κ1) is 27.5. The van der Waals surface area contributed by atoms with Crippen molar-refractivity contribution in [3.05, 3.63) is 51.5 Å². The van der Waals surface area contributed by atoms with Gasteiger partial charge in [0.1, 0.15) is 5.75 Å². The van der Waals surface area contributed by atoms with Gasteiger partial charge in [-0.2, -0.15) is 16.9 Å². The molecular weight excluding hydrogens is 541 g/mol. The highest BCUT2D eigenvalue weighted by atomic mass is 35.5. The highest BCUT2D eigenvalue weighted by Gasteiger charge is 2.24. The summed E-state index contributed by atoms with van der Waals surface area (Å²) in [5, 5.41) is 6.93. The monoisotopic (exact) mass is 562 g/mol.